The van der Waals surface area contributed by atoms with E-state index in [2.05, 4.69) is 13.0 Å². The molecule has 0 bridgehead atoms. The molecular formula is C21H30ClNO. The first kappa shape index (κ1) is 19.1. The molecule has 0 N–H and O–H groups in total. The van der Waals surface area contributed by atoms with E-state index in [9.17, 15) is 0 Å². The van der Waals surface area contributed by atoms with Crippen LogP contribution < -0.4 is 4.74 Å². The van der Waals surface area contributed by atoms with E-state index < -0.39 is 0 Å². The predicted octanol–water partition coefficient (Wildman–Crippen LogP) is 6.76. The maximum absolute atomic E-state index is 8.87. The van der Waals surface area contributed by atoms with Crippen molar-refractivity contribution in [3.63, 3.8) is 0 Å². The van der Waals surface area contributed by atoms with Crippen molar-refractivity contribution in [2.45, 2.75) is 71.1 Å². The zero-order valence-electron chi connectivity index (χ0n) is 14.9. The lowest BCUT2D eigenvalue weighted by Crippen LogP contribution is -2.20. The molecule has 0 amide bonds. The number of unbranched alkanes of at least 4 members (excludes halogenated alkanes) is 4. The maximum Gasteiger partial charge on any atom is 0.137 e. The second-order valence-corrected chi connectivity index (χ2v) is 7.56. The van der Waals surface area contributed by atoms with Gasteiger partial charge in [0.25, 0.3) is 0 Å². The molecule has 0 saturated heterocycles. The van der Waals surface area contributed by atoms with Crippen LogP contribution in [0, 0.1) is 23.2 Å². The Morgan fingerprint density at radius 3 is 2.46 bits per heavy atom. The summed E-state index contributed by atoms with van der Waals surface area (Å²) in [6.45, 7) is 3.02. The highest BCUT2D eigenvalue weighted by atomic mass is 35.5. The largest absolute Gasteiger partial charge is 0.492 e. The Balaban J connectivity index is 1.64. The molecule has 1 aliphatic rings. The normalized spacial score (nSPS) is 20.5. The zero-order chi connectivity index (χ0) is 17.2. The highest BCUT2D eigenvalue weighted by molar-refractivity contribution is 6.32. The first-order valence-electron chi connectivity index (χ1n) is 9.55. The van der Waals surface area contributed by atoms with Gasteiger partial charge >= 0.3 is 0 Å². The van der Waals surface area contributed by atoms with E-state index in [-0.39, 0.29) is 0 Å². The van der Waals surface area contributed by atoms with Crippen molar-refractivity contribution in [3.05, 3.63) is 28.8 Å². The molecule has 1 saturated carbocycles. The summed E-state index contributed by atoms with van der Waals surface area (Å²) in [6, 6.07) is 7.34. The van der Waals surface area contributed by atoms with Crippen LogP contribution in [0.5, 0.6) is 5.75 Å². The van der Waals surface area contributed by atoms with Gasteiger partial charge < -0.3 is 4.74 Å². The Kier molecular flexibility index (Phi) is 8.47. The lowest BCUT2D eigenvalue weighted by molar-refractivity contribution is 0.177. The van der Waals surface area contributed by atoms with Crippen molar-refractivity contribution in [1.29, 1.82) is 5.26 Å². The number of nitriles is 1. The van der Waals surface area contributed by atoms with Crippen molar-refractivity contribution >= 4 is 11.6 Å². The second kappa shape index (κ2) is 10.6. The summed E-state index contributed by atoms with van der Waals surface area (Å²) in [6.07, 6.45) is 13.6. The van der Waals surface area contributed by atoms with Crippen LogP contribution in [0.4, 0.5) is 0 Å². The van der Waals surface area contributed by atoms with E-state index in [4.69, 9.17) is 21.6 Å². The number of rotatable bonds is 9. The Bertz CT molecular complexity index is 529. The van der Waals surface area contributed by atoms with Crippen LogP contribution >= 0.6 is 11.6 Å². The maximum atomic E-state index is 8.87. The van der Waals surface area contributed by atoms with Crippen LogP contribution in [-0.4, -0.2) is 6.61 Å². The van der Waals surface area contributed by atoms with E-state index in [1.165, 1.54) is 64.2 Å². The average molecular weight is 348 g/mol. The zero-order valence-corrected chi connectivity index (χ0v) is 15.7. The van der Waals surface area contributed by atoms with Gasteiger partial charge in [-0.15, -0.1) is 0 Å². The van der Waals surface area contributed by atoms with Gasteiger partial charge in [-0.2, -0.15) is 5.26 Å². The summed E-state index contributed by atoms with van der Waals surface area (Å²) >= 11 is 6.17. The van der Waals surface area contributed by atoms with Crippen LogP contribution in [0.2, 0.25) is 5.02 Å². The van der Waals surface area contributed by atoms with Crippen molar-refractivity contribution in [2.24, 2.45) is 11.8 Å². The lowest BCUT2D eigenvalue weighted by Gasteiger charge is -2.28. The summed E-state index contributed by atoms with van der Waals surface area (Å²) < 4.78 is 5.90. The predicted molar refractivity (Wildman–Crippen MR) is 100 cm³/mol. The van der Waals surface area contributed by atoms with Crippen LogP contribution in [-0.2, 0) is 0 Å². The second-order valence-electron chi connectivity index (χ2n) is 7.16. The minimum absolute atomic E-state index is 0.537. The summed E-state index contributed by atoms with van der Waals surface area (Å²) in [4.78, 5) is 0. The Morgan fingerprint density at radius 1 is 1.08 bits per heavy atom. The van der Waals surface area contributed by atoms with Crippen LogP contribution in [0.25, 0.3) is 0 Å². The Hall–Kier alpha value is -1.20. The third-order valence-electron chi connectivity index (χ3n) is 5.22. The molecule has 1 fully saturated rings. The molecule has 0 aliphatic heterocycles. The van der Waals surface area contributed by atoms with E-state index in [0.717, 1.165) is 12.5 Å². The quantitative estimate of drug-likeness (QED) is 0.462. The van der Waals surface area contributed by atoms with Crippen molar-refractivity contribution in [2.75, 3.05) is 6.61 Å². The molecule has 3 heteroatoms. The van der Waals surface area contributed by atoms with Crippen LogP contribution in [0.1, 0.15) is 76.7 Å². The molecule has 1 aliphatic carbocycles. The summed E-state index contributed by atoms with van der Waals surface area (Å²) in [7, 11) is 0. The highest BCUT2D eigenvalue weighted by Gasteiger charge is 2.21. The minimum atomic E-state index is 0.537. The fraction of sp³-hybridized carbons (Fsp3) is 0.667. The molecule has 1 aromatic rings. The number of nitrogens with zero attached hydrogens (tertiary/aromatic N) is 1. The molecule has 0 atom stereocenters. The molecule has 132 valence electrons. The molecular weight excluding hydrogens is 318 g/mol. The van der Waals surface area contributed by atoms with Gasteiger partial charge in [-0.1, -0.05) is 69.9 Å². The summed E-state index contributed by atoms with van der Waals surface area (Å²) in [5.74, 6) is 2.28. The van der Waals surface area contributed by atoms with Gasteiger partial charge in [-0.3, -0.25) is 0 Å². The van der Waals surface area contributed by atoms with E-state index in [0.29, 0.717) is 22.3 Å². The number of benzene rings is 1. The molecule has 0 aromatic heterocycles. The third-order valence-corrected chi connectivity index (χ3v) is 5.51. The first-order valence-corrected chi connectivity index (χ1v) is 9.93. The number of hydrogen-bond donors (Lipinski definition) is 0. The smallest absolute Gasteiger partial charge is 0.137 e. The minimum Gasteiger partial charge on any atom is -0.492 e. The van der Waals surface area contributed by atoms with Gasteiger partial charge in [-0.25, -0.2) is 0 Å². The standard InChI is InChI=1S/C21H30ClNO/c1-2-3-4-5-6-7-17-8-10-18(11-9-17)16-24-21-13-12-19(15-23)14-20(21)22/h12-14,17-18H,2-11,16H2,1H3. The van der Waals surface area contributed by atoms with E-state index in [1.807, 2.05) is 6.07 Å². The molecule has 0 spiro atoms. The lowest BCUT2D eigenvalue weighted by atomic mass is 9.80. The molecule has 1 aromatic carbocycles. The molecule has 0 heterocycles. The summed E-state index contributed by atoms with van der Waals surface area (Å²) in [5.41, 5.74) is 0.576. The number of hydrogen-bond acceptors (Lipinski definition) is 2. The van der Waals surface area contributed by atoms with Crippen LogP contribution in [0.3, 0.4) is 0 Å². The Morgan fingerprint density at radius 2 is 1.79 bits per heavy atom. The average Bonchev–Trinajstić information content (AvgIpc) is 2.61. The molecule has 24 heavy (non-hydrogen) atoms. The van der Waals surface area contributed by atoms with Gasteiger partial charge in [0.15, 0.2) is 0 Å². The first-order chi connectivity index (χ1) is 11.7. The Labute approximate surface area is 152 Å². The van der Waals surface area contributed by atoms with Crippen molar-refractivity contribution in [3.8, 4) is 11.8 Å². The van der Waals surface area contributed by atoms with Gasteiger partial charge in [-0.05, 0) is 42.9 Å². The van der Waals surface area contributed by atoms with Crippen molar-refractivity contribution < 1.29 is 4.74 Å². The van der Waals surface area contributed by atoms with Gasteiger partial charge in [0.05, 0.1) is 23.3 Å². The fourth-order valence-electron chi connectivity index (χ4n) is 3.62. The van der Waals surface area contributed by atoms with Gasteiger partial charge in [0.1, 0.15) is 5.75 Å². The van der Waals surface area contributed by atoms with Gasteiger partial charge in [0.2, 0.25) is 0 Å². The monoisotopic (exact) mass is 347 g/mol. The van der Waals surface area contributed by atoms with Gasteiger partial charge in [0, 0.05) is 0 Å². The SMILES string of the molecule is CCCCCCCC1CCC(COc2ccc(C#N)cc2Cl)CC1. The summed E-state index contributed by atoms with van der Waals surface area (Å²) in [5, 5.41) is 9.40. The van der Waals surface area contributed by atoms with Crippen LogP contribution in [0.15, 0.2) is 18.2 Å². The van der Waals surface area contributed by atoms with E-state index >= 15 is 0 Å². The number of halogens is 1. The van der Waals surface area contributed by atoms with Crippen molar-refractivity contribution in [1.82, 2.24) is 0 Å². The fourth-order valence-corrected chi connectivity index (χ4v) is 3.85. The van der Waals surface area contributed by atoms with E-state index in [1.54, 1.807) is 12.1 Å². The molecule has 2 nitrogen and oxygen atoms in total. The molecule has 2 rings (SSSR count). The highest BCUT2D eigenvalue weighted by Crippen LogP contribution is 2.33. The molecule has 0 radical (unpaired) electrons. The number of ether oxygens (including phenoxy) is 1. The third kappa shape index (κ3) is 6.36. The molecule has 0 unspecified atom stereocenters. The topological polar surface area (TPSA) is 33.0 Å².